The Bertz CT molecular complexity index is 3940. The molecule has 1 saturated heterocycles. The Morgan fingerprint density at radius 3 is 1.52 bits per heavy atom. The van der Waals surface area contributed by atoms with Crippen molar-refractivity contribution in [3.63, 3.8) is 0 Å². The zero-order valence-corrected chi connectivity index (χ0v) is 53.0. The molecule has 1 fully saturated rings. The predicted molar refractivity (Wildman–Crippen MR) is 329 cm³/mol. The first kappa shape index (κ1) is 61.6. The summed E-state index contributed by atoms with van der Waals surface area (Å²) in [5.41, 5.74) is 13.5. The maximum Gasteiger partial charge on any atom is 0.495 e. The molecule has 458 valence electrons. The lowest BCUT2D eigenvalue weighted by Gasteiger charge is -2.32. The lowest BCUT2D eigenvalue weighted by atomic mass is 9.75. The molecular weight excluding hydrogens is 1190 g/mol. The van der Waals surface area contributed by atoms with Crippen LogP contribution in [0.2, 0.25) is 0 Å². The number of aryl methyl sites for hydroxylation is 6. The third-order valence-electron chi connectivity index (χ3n) is 17.7. The van der Waals surface area contributed by atoms with Crippen molar-refractivity contribution < 1.29 is 56.1 Å². The number of rotatable bonds is 12. The number of fused-ring (bicyclic) bond motifs is 4. The first-order chi connectivity index (χ1) is 42.0. The fourth-order valence-electron chi connectivity index (χ4n) is 12.5. The van der Waals surface area contributed by atoms with Gasteiger partial charge in [0.2, 0.25) is 0 Å². The van der Waals surface area contributed by atoms with Crippen molar-refractivity contribution in [3.05, 3.63) is 157 Å². The summed E-state index contributed by atoms with van der Waals surface area (Å²) in [6.45, 7) is 17.1. The highest BCUT2D eigenvalue weighted by Crippen LogP contribution is 2.47. The second-order valence-electron chi connectivity index (χ2n) is 24.0. The highest BCUT2D eigenvalue weighted by molar-refractivity contribution is 9.10. The molecule has 5 heterocycles. The van der Waals surface area contributed by atoms with Crippen LogP contribution in [0.5, 0.6) is 23.0 Å². The number of halogens is 3. The molecule has 6 aromatic carbocycles. The first-order valence-corrected chi connectivity index (χ1v) is 30.1. The van der Waals surface area contributed by atoms with Gasteiger partial charge in [-0.3, -0.25) is 9.59 Å². The maximum absolute atomic E-state index is 15.3. The molecule has 0 N–H and O–H groups in total. The Labute approximate surface area is 518 Å². The van der Waals surface area contributed by atoms with Crippen LogP contribution in [0.25, 0.3) is 33.9 Å². The van der Waals surface area contributed by atoms with Crippen LogP contribution in [-0.4, -0.2) is 98.1 Å². The van der Waals surface area contributed by atoms with E-state index >= 15 is 8.78 Å². The highest BCUT2D eigenvalue weighted by Gasteiger charge is 2.53. The molecule has 0 amide bonds. The van der Waals surface area contributed by atoms with E-state index in [1.54, 1.807) is 21.5 Å². The summed E-state index contributed by atoms with van der Waals surface area (Å²) in [5, 5.41) is 23.3. The zero-order valence-electron chi connectivity index (χ0n) is 51.4. The van der Waals surface area contributed by atoms with Crippen molar-refractivity contribution in [1.29, 1.82) is 0 Å². The number of carbonyl (C=O) groups excluding carboxylic acids is 2. The SMILES string of the molecule is COC(=O)C[C@@H]1COc2cc(O[C@@H]3CCc4c(-c5c(C)cc(-c6nnnn6C)cc5C)ccc(F)c43)ccc21.COC(=O)C[C@@H]1COc2cc(O[C@@H]3CCc4c(B5OC(C)(C)C(C)(C)O5)ccc(F)c43)ccc21.Cc1cc(-c2nnnn2C)cc(C)c1Br. The van der Waals surface area contributed by atoms with Gasteiger partial charge in [-0.05, 0) is 200 Å². The van der Waals surface area contributed by atoms with E-state index in [4.69, 9.17) is 37.7 Å². The molecule has 3 aliphatic heterocycles. The van der Waals surface area contributed by atoms with Crippen LogP contribution in [0, 0.1) is 39.3 Å². The molecule has 88 heavy (non-hydrogen) atoms. The number of aromatic nitrogens is 8. The Hall–Kier alpha value is -8.08. The number of esters is 2. The van der Waals surface area contributed by atoms with Gasteiger partial charge in [-0.15, -0.1) is 10.2 Å². The molecule has 0 bridgehead atoms. The standard InChI is InChI=1S/C30H29FN4O4.C26H30BFO6.C10H11BrN4/c1-16-11-18(30-32-33-34-35(30)3)12-17(2)28(16)22-7-9-24(31)29-23(22)8-10-25(29)39-20-5-6-21-19(13-27(36)37-4)15-38-26(21)14-20;1-25(2)26(3,4)34-27(33-25)19-9-10-20(28)24-18(19)8-11-21(24)32-16-6-7-17-15(12-23(29)30-5)14-31-22(17)13-16;1-6-4-8(5-7(2)9(6)11)10-12-13-14-15(10)3/h5-7,9,11-12,14,19,25H,8,10,13,15H2,1-4H3;6-7,9-10,13,15,21H,8,11-12,14H2,1-5H3;4-5H,1-3H3/t19-,25-;15-,21-;/m11./s1. The van der Waals surface area contributed by atoms with Gasteiger partial charge in [-0.2, -0.15) is 0 Å². The molecule has 5 aliphatic rings. The molecule has 2 aliphatic carbocycles. The summed E-state index contributed by atoms with van der Waals surface area (Å²) in [6.07, 6.45) is 2.44. The fraction of sp³-hybridized carbons (Fsp3) is 0.394. The van der Waals surface area contributed by atoms with Gasteiger partial charge in [0.05, 0.1) is 51.5 Å². The lowest BCUT2D eigenvalue weighted by molar-refractivity contribution is -0.142. The Morgan fingerprint density at radius 1 is 0.625 bits per heavy atom. The van der Waals surface area contributed by atoms with Crippen molar-refractivity contribution in [3.8, 4) is 56.9 Å². The predicted octanol–water partition coefficient (Wildman–Crippen LogP) is 11.9. The van der Waals surface area contributed by atoms with Crippen molar-refractivity contribution in [2.75, 3.05) is 27.4 Å². The number of benzene rings is 6. The number of nitrogens with zero attached hydrogens (tertiary/aromatic N) is 8. The Morgan fingerprint density at radius 2 is 1.07 bits per heavy atom. The van der Waals surface area contributed by atoms with Gasteiger partial charge in [0.1, 0.15) is 46.8 Å². The smallest absolute Gasteiger partial charge is 0.492 e. The van der Waals surface area contributed by atoms with E-state index in [-0.39, 0.29) is 48.3 Å². The van der Waals surface area contributed by atoms with Crippen molar-refractivity contribution >= 4 is 40.4 Å². The van der Waals surface area contributed by atoms with Crippen LogP contribution >= 0.6 is 15.9 Å². The van der Waals surface area contributed by atoms with Gasteiger partial charge >= 0.3 is 19.1 Å². The Balaban J connectivity index is 0.000000149. The van der Waals surface area contributed by atoms with Gasteiger partial charge in [-0.1, -0.05) is 40.2 Å². The average Bonchev–Trinajstić information content (AvgIpc) is 1.77. The number of carbonyl (C=O) groups is 2. The zero-order chi connectivity index (χ0) is 62.5. The van der Waals surface area contributed by atoms with Gasteiger partial charge in [0.15, 0.2) is 11.6 Å². The summed E-state index contributed by atoms with van der Waals surface area (Å²) in [4.78, 5) is 23.4. The number of ether oxygens (including phenoxy) is 6. The van der Waals surface area contributed by atoms with E-state index < -0.39 is 30.5 Å². The second-order valence-corrected chi connectivity index (χ2v) is 24.8. The third-order valence-corrected chi connectivity index (χ3v) is 18.9. The molecule has 4 atom stereocenters. The molecule has 22 heteroatoms. The summed E-state index contributed by atoms with van der Waals surface area (Å²) in [7, 11) is 5.87. The van der Waals surface area contributed by atoms with Gasteiger partial charge in [0, 0.05) is 75.9 Å². The summed E-state index contributed by atoms with van der Waals surface area (Å²) < 4.78 is 81.0. The van der Waals surface area contributed by atoms with Crippen LogP contribution in [0.1, 0.15) is 133 Å². The van der Waals surface area contributed by atoms with E-state index in [0.717, 1.165) is 71.4 Å². The Kier molecular flexibility index (Phi) is 17.4. The minimum absolute atomic E-state index is 0.0383. The molecule has 0 saturated carbocycles. The minimum atomic E-state index is -0.543. The van der Waals surface area contributed by atoms with Gasteiger partial charge < -0.3 is 37.7 Å². The number of tetrazole rings is 2. The summed E-state index contributed by atoms with van der Waals surface area (Å²) >= 11 is 3.54. The fourth-order valence-corrected chi connectivity index (χ4v) is 12.7. The third kappa shape index (κ3) is 12.1. The van der Waals surface area contributed by atoms with E-state index in [0.29, 0.717) is 78.8 Å². The minimum Gasteiger partial charge on any atom is -0.492 e. The molecule has 0 spiro atoms. The largest absolute Gasteiger partial charge is 0.495 e. The van der Waals surface area contributed by atoms with Gasteiger partial charge in [-0.25, -0.2) is 18.1 Å². The average molecular weight is 1260 g/mol. The van der Waals surface area contributed by atoms with E-state index in [1.165, 1.54) is 31.4 Å². The quantitative estimate of drug-likeness (QED) is 0.0827. The molecule has 8 aromatic rings. The molecular formula is C66H70BBrF2N8O10. The van der Waals surface area contributed by atoms with Crippen LogP contribution in [-0.2, 0) is 55.3 Å². The van der Waals surface area contributed by atoms with Crippen LogP contribution in [0.3, 0.4) is 0 Å². The number of hydrogen-bond donors (Lipinski definition) is 0. The molecule has 0 radical (unpaired) electrons. The topological polar surface area (TPSA) is 195 Å². The molecule has 0 unspecified atom stereocenters. The number of hydrogen-bond acceptors (Lipinski definition) is 16. The van der Waals surface area contributed by atoms with E-state index in [2.05, 4.69) is 98.9 Å². The summed E-state index contributed by atoms with van der Waals surface area (Å²) in [6, 6.07) is 26.2. The molecule has 13 rings (SSSR count). The second kappa shape index (κ2) is 24.8. The van der Waals surface area contributed by atoms with Crippen LogP contribution < -0.4 is 24.4 Å². The van der Waals surface area contributed by atoms with Crippen LogP contribution in [0.15, 0.2) is 89.4 Å². The lowest BCUT2D eigenvalue weighted by Crippen LogP contribution is -2.41. The summed E-state index contributed by atoms with van der Waals surface area (Å²) in [5.74, 6) is 2.93. The van der Waals surface area contributed by atoms with Crippen molar-refractivity contribution in [1.82, 2.24) is 40.4 Å². The van der Waals surface area contributed by atoms with Crippen molar-refractivity contribution in [2.45, 2.75) is 129 Å². The van der Waals surface area contributed by atoms with Crippen molar-refractivity contribution in [2.24, 2.45) is 14.1 Å². The molecule has 18 nitrogen and oxygen atoms in total. The number of methoxy groups -OCH3 is 2. The van der Waals surface area contributed by atoms with E-state index in [9.17, 15) is 9.59 Å². The monoisotopic (exact) mass is 1260 g/mol. The molecule has 2 aromatic heterocycles. The first-order valence-electron chi connectivity index (χ1n) is 29.3. The van der Waals surface area contributed by atoms with Crippen LogP contribution in [0.4, 0.5) is 8.78 Å². The van der Waals surface area contributed by atoms with E-state index in [1.807, 2.05) is 84.3 Å². The maximum atomic E-state index is 15.3. The highest BCUT2D eigenvalue weighted by atomic mass is 79.9. The van der Waals surface area contributed by atoms with Gasteiger partial charge in [0.25, 0.3) is 0 Å². The normalized spacial score (nSPS) is 18.8.